The van der Waals surface area contributed by atoms with Gasteiger partial charge in [-0.15, -0.1) is 0 Å². The van der Waals surface area contributed by atoms with E-state index >= 15 is 0 Å². The zero-order valence-corrected chi connectivity index (χ0v) is 12.8. The van der Waals surface area contributed by atoms with Gasteiger partial charge in [-0.05, 0) is 28.8 Å². The first-order valence-corrected chi connectivity index (χ1v) is 7.66. The quantitative estimate of drug-likeness (QED) is 0.777. The molecule has 5 heteroatoms. The molecule has 0 spiro atoms. The van der Waals surface area contributed by atoms with Crippen LogP contribution in [0.15, 0.2) is 40.8 Å². The normalized spacial score (nSPS) is 13.3. The maximum absolute atomic E-state index is 11.7. The number of nitrogens with zero attached hydrogens (tertiary/aromatic N) is 1. The third-order valence-electron chi connectivity index (χ3n) is 4.11. The fraction of sp³-hybridized carbons (Fsp3) is 0.222. The summed E-state index contributed by atoms with van der Waals surface area (Å²) in [4.78, 5) is 16.1. The van der Waals surface area contributed by atoms with Crippen LogP contribution in [0, 0.1) is 6.92 Å². The molecule has 0 aliphatic carbocycles. The van der Waals surface area contributed by atoms with E-state index in [-0.39, 0.29) is 5.91 Å². The Hall–Kier alpha value is -2.66. The minimum atomic E-state index is 0.0182. The monoisotopic (exact) mass is 307 g/mol. The summed E-state index contributed by atoms with van der Waals surface area (Å²) in [5, 5.41) is 6.25. The number of aromatic nitrogens is 1. The highest BCUT2D eigenvalue weighted by atomic mass is 16.3. The minimum absolute atomic E-state index is 0.0182. The predicted molar refractivity (Wildman–Crippen MR) is 86.9 cm³/mol. The van der Waals surface area contributed by atoms with Gasteiger partial charge >= 0.3 is 0 Å². The highest BCUT2D eigenvalue weighted by Crippen LogP contribution is 2.20. The maximum atomic E-state index is 11.7. The number of carbonyl (C=O) groups is 1. The largest absolute Gasteiger partial charge is 0.441 e. The lowest BCUT2D eigenvalue weighted by atomic mass is 10.1. The van der Waals surface area contributed by atoms with Crippen LogP contribution in [0.5, 0.6) is 0 Å². The number of oxazole rings is 1. The van der Waals surface area contributed by atoms with E-state index in [2.05, 4.69) is 21.7 Å². The fourth-order valence-electron chi connectivity index (χ4n) is 2.97. The van der Waals surface area contributed by atoms with E-state index in [0.717, 1.165) is 33.4 Å². The second kappa shape index (κ2) is 5.52. The SMILES string of the molecule is Cc1nc2c(CNCc3ccc4c(c3)C(=O)NC4)cccc2o1. The Bertz CT molecular complexity index is 898. The molecule has 1 aromatic heterocycles. The van der Waals surface area contributed by atoms with Crippen LogP contribution in [-0.4, -0.2) is 10.9 Å². The van der Waals surface area contributed by atoms with E-state index in [4.69, 9.17) is 4.42 Å². The minimum Gasteiger partial charge on any atom is -0.441 e. The molecule has 0 saturated heterocycles. The number of amides is 1. The van der Waals surface area contributed by atoms with Gasteiger partial charge in [-0.1, -0.05) is 24.3 Å². The molecule has 0 atom stereocenters. The smallest absolute Gasteiger partial charge is 0.251 e. The molecule has 2 heterocycles. The molecular formula is C18H17N3O2. The maximum Gasteiger partial charge on any atom is 0.251 e. The highest BCUT2D eigenvalue weighted by molar-refractivity contribution is 5.98. The van der Waals surface area contributed by atoms with Crippen LogP contribution < -0.4 is 10.6 Å². The summed E-state index contributed by atoms with van der Waals surface area (Å²) < 4.78 is 5.55. The molecule has 0 radical (unpaired) electrons. The molecule has 116 valence electrons. The van der Waals surface area contributed by atoms with Gasteiger partial charge in [0.05, 0.1) is 0 Å². The molecule has 0 unspecified atom stereocenters. The van der Waals surface area contributed by atoms with Crippen molar-refractivity contribution >= 4 is 17.0 Å². The lowest BCUT2D eigenvalue weighted by Gasteiger charge is -2.07. The van der Waals surface area contributed by atoms with E-state index in [1.165, 1.54) is 0 Å². The topological polar surface area (TPSA) is 67.2 Å². The summed E-state index contributed by atoms with van der Waals surface area (Å²) in [7, 11) is 0. The average molecular weight is 307 g/mol. The molecule has 2 aromatic carbocycles. The zero-order valence-electron chi connectivity index (χ0n) is 12.8. The second-order valence-electron chi connectivity index (χ2n) is 5.77. The van der Waals surface area contributed by atoms with E-state index in [9.17, 15) is 4.79 Å². The molecule has 0 bridgehead atoms. The fourth-order valence-corrected chi connectivity index (χ4v) is 2.97. The number of benzene rings is 2. The first-order valence-electron chi connectivity index (χ1n) is 7.66. The van der Waals surface area contributed by atoms with Gasteiger partial charge < -0.3 is 15.1 Å². The summed E-state index contributed by atoms with van der Waals surface area (Å²) in [6.07, 6.45) is 0. The Labute approximate surface area is 133 Å². The van der Waals surface area contributed by atoms with Crippen molar-refractivity contribution in [1.29, 1.82) is 0 Å². The van der Waals surface area contributed by atoms with Gasteiger partial charge in [-0.25, -0.2) is 4.98 Å². The van der Waals surface area contributed by atoms with Crippen molar-refractivity contribution in [2.24, 2.45) is 0 Å². The first-order chi connectivity index (χ1) is 11.2. The number of hydrogen-bond donors (Lipinski definition) is 2. The van der Waals surface area contributed by atoms with Crippen molar-refractivity contribution in [3.63, 3.8) is 0 Å². The van der Waals surface area contributed by atoms with Crippen molar-refractivity contribution in [3.8, 4) is 0 Å². The number of aryl methyl sites for hydroxylation is 1. The van der Waals surface area contributed by atoms with Crippen molar-refractivity contribution in [1.82, 2.24) is 15.6 Å². The Morgan fingerprint density at radius 3 is 3.09 bits per heavy atom. The zero-order chi connectivity index (χ0) is 15.8. The van der Waals surface area contributed by atoms with Crippen LogP contribution in [0.3, 0.4) is 0 Å². The molecule has 23 heavy (non-hydrogen) atoms. The molecule has 0 saturated carbocycles. The van der Waals surface area contributed by atoms with Gasteiger partial charge in [0, 0.05) is 32.1 Å². The van der Waals surface area contributed by atoms with Crippen LogP contribution in [0.1, 0.15) is 32.9 Å². The molecule has 1 amide bonds. The molecule has 2 N–H and O–H groups in total. The van der Waals surface area contributed by atoms with Crippen LogP contribution in [-0.2, 0) is 19.6 Å². The van der Waals surface area contributed by atoms with Crippen LogP contribution in [0.25, 0.3) is 11.1 Å². The molecule has 0 fully saturated rings. The highest BCUT2D eigenvalue weighted by Gasteiger charge is 2.18. The van der Waals surface area contributed by atoms with Gasteiger partial charge in [0.2, 0.25) is 0 Å². The number of para-hydroxylation sites is 1. The van der Waals surface area contributed by atoms with E-state index in [0.29, 0.717) is 25.5 Å². The summed E-state index contributed by atoms with van der Waals surface area (Å²) in [5.74, 6) is 0.696. The molecule has 5 nitrogen and oxygen atoms in total. The summed E-state index contributed by atoms with van der Waals surface area (Å²) in [6.45, 7) is 3.89. The molecule has 1 aliphatic heterocycles. The standard InChI is InChI=1S/C18H17N3O2/c1-11-21-17-14(3-2-4-16(17)23-11)9-19-8-12-5-6-13-10-20-18(22)15(13)7-12/h2-7,19H,8-10H2,1H3,(H,20,22). The summed E-state index contributed by atoms with van der Waals surface area (Å²) in [5.41, 5.74) is 5.80. The Morgan fingerprint density at radius 2 is 2.17 bits per heavy atom. The van der Waals surface area contributed by atoms with Crippen molar-refractivity contribution in [2.45, 2.75) is 26.6 Å². The third-order valence-corrected chi connectivity index (χ3v) is 4.11. The van der Waals surface area contributed by atoms with Crippen molar-refractivity contribution < 1.29 is 9.21 Å². The number of nitrogens with one attached hydrogen (secondary N) is 2. The number of hydrogen-bond acceptors (Lipinski definition) is 4. The van der Waals surface area contributed by atoms with E-state index < -0.39 is 0 Å². The summed E-state index contributed by atoms with van der Waals surface area (Å²) >= 11 is 0. The number of fused-ring (bicyclic) bond motifs is 2. The van der Waals surface area contributed by atoms with E-state index in [1.807, 2.05) is 37.3 Å². The van der Waals surface area contributed by atoms with Crippen molar-refractivity contribution in [3.05, 3.63) is 64.5 Å². The summed E-state index contributed by atoms with van der Waals surface area (Å²) in [6, 6.07) is 12.0. The number of rotatable bonds is 4. The molecule has 4 rings (SSSR count). The van der Waals surface area contributed by atoms with Crippen LogP contribution in [0.4, 0.5) is 0 Å². The first kappa shape index (κ1) is 14.0. The molecular weight excluding hydrogens is 290 g/mol. The predicted octanol–water partition coefficient (Wildman–Crippen LogP) is 2.67. The Balaban J connectivity index is 1.47. The second-order valence-corrected chi connectivity index (χ2v) is 5.77. The van der Waals surface area contributed by atoms with Gasteiger partial charge in [-0.3, -0.25) is 4.79 Å². The number of carbonyl (C=O) groups excluding carboxylic acids is 1. The Morgan fingerprint density at radius 1 is 1.26 bits per heavy atom. The lowest BCUT2D eigenvalue weighted by Crippen LogP contribution is -2.14. The third kappa shape index (κ3) is 2.59. The van der Waals surface area contributed by atoms with Gasteiger partial charge in [-0.2, -0.15) is 0 Å². The van der Waals surface area contributed by atoms with Crippen LogP contribution in [0.2, 0.25) is 0 Å². The lowest BCUT2D eigenvalue weighted by molar-refractivity contribution is 0.0965. The van der Waals surface area contributed by atoms with Gasteiger partial charge in [0.25, 0.3) is 5.91 Å². The van der Waals surface area contributed by atoms with Crippen LogP contribution >= 0.6 is 0 Å². The van der Waals surface area contributed by atoms with Crippen molar-refractivity contribution in [2.75, 3.05) is 0 Å². The van der Waals surface area contributed by atoms with Gasteiger partial charge in [0.15, 0.2) is 11.5 Å². The molecule has 3 aromatic rings. The van der Waals surface area contributed by atoms with Gasteiger partial charge in [0.1, 0.15) is 5.52 Å². The average Bonchev–Trinajstić information content (AvgIpc) is 3.10. The Kier molecular flexibility index (Phi) is 3.35. The molecule has 1 aliphatic rings. The van der Waals surface area contributed by atoms with E-state index in [1.54, 1.807) is 0 Å².